The number of nitrogens with zero attached hydrogens (tertiary/aromatic N) is 1. The summed E-state index contributed by atoms with van der Waals surface area (Å²) in [6.45, 7) is 0. The number of methoxy groups -OCH3 is 1. The van der Waals surface area contributed by atoms with Crippen LogP contribution in [-0.2, 0) is 9.84 Å². The molecule has 2 aliphatic rings. The zero-order valence-electron chi connectivity index (χ0n) is 10.3. The highest BCUT2D eigenvalue weighted by Crippen LogP contribution is 2.40. The number of sulfone groups is 1. The Kier molecular flexibility index (Phi) is 2.98. The van der Waals surface area contributed by atoms with E-state index in [1.807, 2.05) is 0 Å². The smallest absolute Gasteiger partial charge is 0.286 e. The van der Waals surface area contributed by atoms with Crippen LogP contribution in [0.1, 0.15) is 0 Å². The van der Waals surface area contributed by atoms with Gasteiger partial charge in [-0.25, -0.2) is 8.42 Å². The maximum Gasteiger partial charge on any atom is 0.286 e. The highest BCUT2D eigenvalue weighted by atomic mass is 32.2. The second-order valence-corrected chi connectivity index (χ2v) is 7.98. The lowest BCUT2D eigenvalue weighted by atomic mass is 10.2. The molecule has 7 heteroatoms. The molecule has 0 aliphatic carbocycles. The van der Waals surface area contributed by atoms with E-state index in [0.29, 0.717) is 5.75 Å². The van der Waals surface area contributed by atoms with Crippen LogP contribution in [0.4, 0.5) is 10.5 Å². The van der Waals surface area contributed by atoms with E-state index in [4.69, 9.17) is 4.74 Å². The summed E-state index contributed by atoms with van der Waals surface area (Å²) in [5, 5.41) is -0.213. The number of thioether (sulfide) groups is 1. The summed E-state index contributed by atoms with van der Waals surface area (Å²) in [7, 11) is -1.45. The minimum atomic E-state index is -3.02. The second-order valence-electron chi connectivity index (χ2n) is 4.63. The van der Waals surface area contributed by atoms with Gasteiger partial charge in [0.05, 0.1) is 29.9 Å². The largest absolute Gasteiger partial charge is 0.497 e. The molecule has 0 spiro atoms. The first-order valence-electron chi connectivity index (χ1n) is 5.84. The fourth-order valence-electron chi connectivity index (χ4n) is 2.51. The van der Waals surface area contributed by atoms with E-state index in [0.717, 1.165) is 17.4 Å². The number of hydrogen-bond donors (Lipinski definition) is 0. The number of carbonyl (C=O) groups excluding carboxylic acids is 1. The summed E-state index contributed by atoms with van der Waals surface area (Å²) in [4.78, 5) is 13.6. The van der Waals surface area contributed by atoms with Crippen LogP contribution >= 0.6 is 11.8 Å². The molecule has 0 bridgehead atoms. The van der Waals surface area contributed by atoms with Crippen molar-refractivity contribution in [3.8, 4) is 5.75 Å². The molecule has 2 fully saturated rings. The van der Waals surface area contributed by atoms with Crippen LogP contribution in [0.3, 0.4) is 0 Å². The highest BCUT2D eigenvalue weighted by molar-refractivity contribution is 8.15. The normalized spacial score (nSPS) is 28.5. The zero-order valence-corrected chi connectivity index (χ0v) is 11.9. The molecule has 3 rings (SSSR count). The van der Waals surface area contributed by atoms with Gasteiger partial charge >= 0.3 is 0 Å². The molecular weight excluding hydrogens is 286 g/mol. The lowest BCUT2D eigenvalue weighted by Gasteiger charge is -2.22. The minimum Gasteiger partial charge on any atom is -0.497 e. The van der Waals surface area contributed by atoms with E-state index in [1.165, 1.54) is 0 Å². The van der Waals surface area contributed by atoms with Crippen molar-refractivity contribution < 1.29 is 17.9 Å². The van der Waals surface area contributed by atoms with Crippen molar-refractivity contribution in [3.05, 3.63) is 24.3 Å². The molecular formula is C12H13NO4S2. The number of rotatable bonds is 2. The first-order valence-corrected chi connectivity index (χ1v) is 8.54. The molecule has 0 unspecified atom stereocenters. The van der Waals surface area contributed by atoms with Gasteiger partial charge < -0.3 is 4.74 Å². The van der Waals surface area contributed by atoms with Crippen molar-refractivity contribution in [3.63, 3.8) is 0 Å². The molecule has 0 radical (unpaired) electrons. The molecule has 0 saturated carbocycles. The van der Waals surface area contributed by atoms with E-state index in [9.17, 15) is 13.2 Å². The summed E-state index contributed by atoms with van der Waals surface area (Å²) in [6.07, 6.45) is 0. The molecule has 2 saturated heterocycles. The van der Waals surface area contributed by atoms with Gasteiger partial charge in [-0.3, -0.25) is 9.69 Å². The molecule has 0 N–H and O–H groups in total. The molecule has 2 heterocycles. The predicted molar refractivity (Wildman–Crippen MR) is 74.7 cm³/mol. The number of hydrogen-bond acceptors (Lipinski definition) is 5. The van der Waals surface area contributed by atoms with Gasteiger partial charge in [-0.15, -0.1) is 0 Å². The van der Waals surface area contributed by atoms with Crippen LogP contribution in [0.2, 0.25) is 0 Å². The third kappa shape index (κ3) is 2.21. The monoisotopic (exact) mass is 299 g/mol. The Bertz CT molecular complexity index is 611. The Morgan fingerprint density at radius 3 is 2.58 bits per heavy atom. The summed E-state index contributed by atoms with van der Waals surface area (Å²) >= 11 is 1.13. The molecule has 102 valence electrons. The first-order chi connectivity index (χ1) is 9.00. The maximum atomic E-state index is 12.0. The highest BCUT2D eigenvalue weighted by Gasteiger charge is 2.50. The second kappa shape index (κ2) is 4.42. The quantitative estimate of drug-likeness (QED) is 0.829. The van der Waals surface area contributed by atoms with Gasteiger partial charge in [0.1, 0.15) is 5.75 Å². The van der Waals surface area contributed by atoms with Crippen molar-refractivity contribution in [1.82, 2.24) is 0 Å². The van der Waals surface area contributed by atoms with Crippen molar-refractivity contribution in [1.29, 1.82) is 0 Å². The summed E-state index contributed by atoms with van der Waals surface area (Å²) in [6, 6.07) is 6.86. The summed E-state index contributed by atoms with van der Waals surface area (Å²) in [5.41, 5.74) is 0.725. The first kappa shape index (κ1) is 12.8. The van der Waals surface area contributed by atoms with Crippen molar-refractivity contribution in [2.45, 2.75) is 11.3 Å². The van der Waals surface area contributed by atoms with E-state index >= 15 is 0 Å². The average molecular weight is 299 g/mol. The fraction of sp³-hybridized carbons (Fsp3) is 0.417. The SMILES string of the molecule is COc1ccc(N2C(=O)S[C@@H]3CS(=O)(=O)C[C@H]32)cc1. The number of ether oxygens (including phenoxy) is 1. The van der Waals surface area contributed by atoms with Crippen LogP contribution in [-0.4, -0.2) is 43.6 Å². The van der Waals surface area contributed by atoms with Gasteiger partial charge in [0.15, 0.2) is 9.84 Å². The van der Waals surface area contributed by atoms with Crippen LogP contribution < -0.4 is 9.64 Å². The number of anilines is 1. The molecule has 19 heavy (non-hydrogen) atoms. The van der Waals surface area contributed by atoms with Crippen molar-refractivity contribution >= 4 is 32.5 Å². The lowest BCUT2D eigenvalue weighted by Crippen LogP contribution is -2.36. The van der Waals surface area contributed by atoms with E-state index in [2.05, 4.69) is 0 Å². The maximum absolute atomic E-state index is 12.0. The minimum absolute atomic E-state index is 0.0580. The third-order valence-electron chi connectivity index (χ3n) is 3.40. The van der Waals surface area contributed by atoms with E-state index < -0.39 is 9.84 Å². The Morgan fingerprint density at radius 1 is 1.26 bits per heavy atom. The molecule has 1 amide bonds. The van der Waals surface area contributed by atoms with Gasteiger partial charge in [0.2, 0.25) is 0 Å². The number of benzene rings is 1. The van der Waals surface area contributed by atoms with E-state index in [-0.39, 0.29) is 28.0 Å². The number of amides is 1. The molecule has 2 aliphatic heterocycles. The molecule has 0 aromatic heterocycles. The van der Waals surface area contributed by atoms with Crippen molar-refractivity contribution in [2.75, 3.05) is 23.5 Å². The summed E-state index contributed by atoms with van der Waals surface area (Å²) < 4.78 is 28.4. The van der Waals surface area contributed by atoms with Gasteiger partial charge in [-0.05, 0) is 24.3 Å². The van der Waals surface area contributed by atoms with E-state index in [1.54, 1.807) is 36.3 Å². The molecule has 5 nitrogen and oxygen atoms in total. The van der Waals surface area contributed by atoms with Gasteiger partial charge in [0.25, 0.3) is 5.24 Å². The van der Waals surface area contributed by atoms with Gasteiger partial charge in [0, 0.05) is 5.69 Å². The Balaban J connectivity index is 1.92. The third-order valence-corrected chi connectivity index (χ3v) is 6.51. The van der Waals surface area contributed by atoms with Crippen LogP contribution in [0, 0.1) is 0 Å². The lowest BCUT2D eigenvalue weighted by molar-refractivity contribution is 0.265. The topological polar surface area (TPSA) is 63.7 Å². The van der Waals surface area contributed by atoms with Crippen LogP contribution in [0.25, 0.3) is 0 Å². The number of fused-ring (bicyclic) bond motifs is 1. The summed E-state index contributed by atoms with van der Waals surface area (Å²) in [5.74, 6) is 0.863. The van der Waals surface area contributed by atoms with Crippen LogP contribution in [0.15, 0.2) is 24.3 Å². The molecule has 2 atom stereocenters. The molecule has 1 aromatic rings. The van der Waals surface area contributed by atoms with Crippen LogP contribution in [0.5, 0.6) is 5.75 Å². The Labute approximate surface area is 115 Å². The van der Waals surface area contributed by atoms with Crippen molar-refractivity contribution in [2.24, 2.45) is 0 Å². The average Bonchev–Trinajstić information content (AvgIpc) is 2.79. The molecule has 1 aromatic carbocycles. The fourth-order valence-corrected chi connectivity index (χ4v) is 6.28. The Hall–Kier alpha value is -1.21. The van der Waals surface area contributed by atoms with Gasteiger partial charge in [-0.1, -0.05) is 11.8 Å². The predicted octanol–water partition coefficient (Wildman–Crippen LogP) is 1.53. The number of carbonyl (C=O) groups is 1. The Morgan fingerprint density at radius 2 is 1.95 bits per heavy atom. The zero-order chi connectivity index (χ0) is 13.6. The standard InChI is InChI=1S/C12H13NO4S2/c1-17-9-4-2-8(3-5-9)13-10-6-19(15,16)7-11(10)18-12(13)14/h2-5,10-11H,6-7H2,1H3/t10-,11-/m1/s1. The van der Waals surface area contributed by atoms with Gasteiger partial charge in [-0.2, -0.15) is 0 Å².